The van der Waals surface area contributed by atoms with Gasteiger partial charge in [-0.25, -0.2) is 9.97 Å². The van der Waals surface area contributed by atoms with Crippen LogP contribution in [0.1, 0.15) is 5.56 Å². The maximum atomic E-state index is 5.97. The minimum atomic E-state index is 0.537. The van der Waals surface area contributed by atoms with Crippen molar-refractivity contribution in [1.29, 1.82) is 0 Å². The molecule has 0 aliphatic heterocycles. The maximum absolute atomic E-state index is 5.97. The summed E-state index contributed by atoms with van der Waals surface area (Å²) in [5.41, 5.74) is 2.58. The van der Waals surface area contributed by atoms with Crippen LogP contribution in [0.15, 0.2) is 42.7 Å². The van der Waals surface area contributed by atoms with Crippen molar-refractivity contribution in [3.05, 3.63) is 58.3 Å². The zero-order valence-electron chi connectivity index (χ0n) is 10.3. The molecule has 6 heteroatoms. The summed E-state index contributed by atoms with van der Waals surface area (Å²) in [6, 6.07) is 9.24. The zero-order valence-corrected chi connectivity index (χ0v) is 11.9. The van der Waals surface area contributed by atoms with Crippen LogP contribution < -0.4 is 5.32 Å². The Labute approximate surface area is 125 Å². The van der Waals surface area contributed by atoms with Gasteiger partial charge in [-0.3, -0.25) is 4.98 Å². The lowest BCUT2D eigenvalue weighted by Crippen LogP contribution is -2.03. The van der Waals surface area contributed by atoms with Crippen molar-refractivity contribution in [3.63, 3.8) is 0 Å². The SMILES string of the molecule is Clc1ccc(CNc2ncc3ncccc3n2)cc1Cl. The van der Waals surface area contributed by atoms with Crippen molar-refractivity contribution in [2.24, 2.45) is 0 Å². The first kappa shape index (κ1) is 13.1. The number of nitrogens with zero attached hydrogens (tertiary/aromatic N) is 3. The highest BCUT2D eigenvalue weighted by atomic mass is 35.5. The number of hydrogen-bond donors (Lipinski definition) is 1. The van der Waals surface area contributed by atoms with Gasteiger partial charge in [0.05, 0.1) is 21.8 Å². The largest absolute Gasteiger partial charge is 0.350 e. The molecule has 0 fully saturated rings. The third-order valence-corrected chi connectivity index (χ3v) is 3.53. The maximum Gasteiger partial charge on any atom is 0.223 e. The van der Waals surface area contributed by atoms with Gasteiger partial charge in [0.2, 0.25) is 5.95 Å². The molecule has 100 valence electrons. The Morgan fingerprint density at radius 1 is 1.00 bits per heavy atom. The van der Waals surface area contributed by atoms with Crippen molar-refractivity contribution in [3.8, 4) is 0 Å². The van der Waals surface area contributed by atoms with E-state index in [0.717, 1.165) is 16.6 Å². The van der Waals surface area contributed by atoms with Crippen molar-refractivity contribution >= 4 is 40.2 Å². The van der Waals surface area contributed by atoms with E-state index in [1.54, 1.807) is 18.5 Å². The summed E-state index contributed by atoms with van der Waals surface area (Å²) in [5.74, 6) is 0.552. The van der Waals surface area contributed by atoms with E-state index >= 15 is 0 Å². The highest BCUT2D eigenvalue weighted by Crippen LogP contribution is 2.22. The Morgan fingerprint density at radius 2 is 1.90 bits per heavy atom. The van der Waals surface area contributed by atoms with Crippen LogP contribution in [0.4, 0.5) is 5.95 Å². The minimum absolute atomic E-state index is 0.537. The van der Waals surface area contributed by atoms with Crippen LogP contribution in [0.5, 0.6) is 0 Å². The van der Waals surface area contributed by atoms with Crippen LogP contribution in [0.25, 0.3) is 11.0 Å². The summed E-state index contributed by atoms with van der Waals surface area (Å²) in [7, 11) is 0. The lowest BCUT2D eigenvalue weighted by Gasteiger charge is -2.06. The number of benzene rings is 1. The fourth-order valence-electron chi connectivity index (χ4n) is 1.78. The number of fused-ring (bicyclic) bond motifs is 1. The first-order valence-corrected chi connectivity index (χ1v) is 6.73. The lowest BCUT2D eigenvalue weighted by molar-refractivity contribution is 1.07. The molecule has 1 aromatic carbocycles. The molecule has 0 saturated carbocycles. The second-order valence-corrected chi connectivity index (χ2v) is 5.02. The average molecular weight is 305 g/mol. The van der Waals surface area contributed by atoms with Crippen LogP contribution in [0.3, 0.4) is 0 Å². The fraction of sp³-hybridized carbons (Fsp3) is 0.0714. The first-order valence-electron chi connectivity index (χ1n) is 5.98. The standard InChI is InChI=1S/C14H10Cl2N4/c15-10-4-3-9(6-11(10)16)7-18-14-19-8-13-12(20-14)2-1-5-17-13/h1-6,8H,7H2,(H,18,19,20). The molecule has 0 bridgehead atoms. The molecule has 4 nitrogen and oxygen atoms in total. The van der Waals surface area contributed by atoms with E-state index in [1.165, 1.54) is 0 Å². The van der Waals surface area contributed by atoms with Crippen molar-refractivity contribution in [2.75, 3.05) is 5.32 Å². The summed E-state index contributed by atoms with van der Waals surface area (Å²) < 4.78 is 0. The van der Waals surface area contributed by atoms with E-state index < -0.39 is 0 Å². The van der Waals surface area contributed by atoms with Gasteiger partial charge in [0.15, 0.2) is 0 Å². The van der Waals surface area contributed by atoms with Gasteiger partial charge in [0.1, 0.15) is 5.52 Å². The average Bonchev–Trinajstić information content (AvgIpc) is 2.48. The first-order chi connectivity index (χ1) is 9.72. The third kappa shape index (κ3) is 2.81. The van der Waals surface area contributed by atoms with E-state index in [2.05, 4.69) is 20.3 Å². The van der Waals surface area contributed by atoms with E-state index in [1.807, 2.05) is 24.3 Å². The molecule has 0 atom stereocenters. The third-order valence-electron chi connectivity index (χ3n) is 2.79. The quantitative estimate of drug-likeness (QED) is 0.796. The Kier molecular flexibility index (Phi) is 3.67. The molecule has 3 aromatic rings. The number of nitrogens with one attached hydrogen (secondary N) is 1. The Bertz CT molecular complexity index is 761. The lowest BCUT2D eigenvalue weighted by atomic mass is 10.2. The number of rotatable bonds is 3. The molecular weight excluding hydrogens is 295 g/mol. The van der Waals surface area contributed by atoms with Crippen LogP contribution in [-0.2, 0) is 6.54 Å². The summed E-state index contributed by atoms with van der Waals surface area (Å²) in [5, 5.41) is 4.23. The van der Waals surface area contributed by atoms with E-state index in [4.69, 9.17) is 23.2 Å². The normalized spacial score (nSPS) is 10.7. The van der Waals surface area contributed by atoms with Gasteiger partial charge < -0.3 is 5.32 Å². The molecule has 0 saturated heterocycles. The predicted molar refractivity (Wildman–Crippen MR) is 81.1 cm³/mol. The molecular formula is C14H10Cl2N4. The van der Waals surface area contributed by atoms with Gasteiger partial charge in [0, 0.05) is 12.7 Å². The van der Waals surface area contributed by atoms with Crippen LogP contribution in [-0.4, -0.2) is 15.0 Å². The Balaban J connectivity index is 1.77. The van der Waals surface area contributed by atoms with Gasteiger partial charge in [-0.15, -0.1) is 0 Å². The second kappa shape index (κ2) is 5.61. The van der Waals surface area contributed by atoms with E-state index in [-0.39, 0.29) is 0 Å². The van der Waals surface area contributed by atoms with Gasteiger partial charge in [-0.05, 0) is 29.8 Å². The summed E-state index contributed by atoms with van der Waals surface area (Å²) in [6.07, 6.45) is 3.41. The van der Waals surface area contributed by atoms with E-state index in [9.17, 15) is 0 Å². The molecule has 2 heterocycles. The molecule has 0 spiro atoms. The molecule has 3 rings (SSSR count). The van der Waals surface area contributed by atoms with Gasteiger partial charge in [-0.1, -0.05) is 29.3 Å². The number of pyridine rings is 1. The number of hydrogen-bond acceptors (Lipinski definition) is 4. The van der Waals surface area contributed by atoms with Gasteiger partial charge >= 0.3 is 0 Å². The number of anilines is 1. The zero-order chi connectivity index (χ0) is 13.9. The molecule has 2 aromatic heterocycles. The number of halogens is 2. The summed E-state index contributed by atoms with van der Waals surface area (Å²) >= 11 is 11.9. The minimum Gasteiger partial charge on any atom is -0.350 e. The summed E-state index contributed by atoms with van der Waals surface area (Å²) in [6.45, 7) is 0.572. The Hall–Kier alpha value is -1.91. The topological polar surface area (TPSA) is 50.7 Å². The van der Waals surface area contributed by atoms with Crippen LogP contribution in [0.2, 0.25) is 10.0 Å². The highest BCUT2D eigenvalue weighted by Gasteiger charge is 2.02. The fourth-order valence-corrected chi connectivity index (χ4v) is 2.10. The summed E-state index contributed by atoms with van der Waals surface area (Å²) in [4.78, 5) is 12.8. The Morgan fingerprint density at radius 3 is 2.75 bits per heavy atom. The number of aromatic nitrogens is 3. The molecule has 0 radical (unpaired) electrons. The predicted octanol–water partition coefficient (Wildman–Crippen LogP) is 3.94. The van der Waals surface area contributed by atoms with Crippen LogP contribution >= 0.6 is 23.2 Å². The monoisotopic (exact) mass is 304 g/mol. The molecule has 0 unspecified atom stereocenters. The van der Waals surface area contributed by atoms with Gasteiger partial charge in [0.25, 0.3) is 0 Å². The van der Waals surface area contributed by atoms with Crippen molar-refractivity contribution in [2.45, 2.75) is 6.54 Å². The smallest absolute Gasteiger partial charge is 0.223 e. The van der Waals surface area contributed by atoms with Crippen molar-refractivity contribution in [1.82, 2.24) is 15.0 Å². The van der Waals surface area contributed by atoms with Crippen LogP contribution in [0, 0.1) is 0 Å². The molecule has 20 heavy (non-hydrogen) atoms. The molecule has 0 aliphatic rings. The van der Waals surface area contributed by atoms with E-state index in [0.29, 0.717) is 22.5 Å². The molecule has 1 N–H and O–H groups in total. The molecule has 0 amide bonds. The highest BCUT2D eigenvalue weighted by molar-refractivity contribution is 6.42. The van der Waals surface area contributed by atoms with Crippen molar-refractivity contribution < 1.29 is 0 Å². The second-order valence-electron chi connectivity index (χ2n) is 4.20. The molecule has 0 aliphatic carbocycles. The van der Waals surface area contributed by atoms with Gasteiger partial charge in [-0.2, -0.15) is 0 Å².